The predicted molar refractivity (Wildman–Crippen MR) is 47.1 cm³/mol. The molecule has 12 heavy (non-hydrogen) atoms. The molecule has 1 aromatic heterocycles. The SMILES string of the molecule is Cc1ccc(C2(O)CC2)c(Cl)n1. The standard InChI is InChI=1S/C9H10ClNO/c1-6-2-3-7(8(10)11-6)9(12)4-5-9/h2-3,12H,4-5H2,1H3. The van der Waals surface area contributed by atoms with Crippen molar-refractivity contribution in [3.8, 4) is 0 Å². The molecule has 1 fully saturated rings. The van der Waals surface area contributed by atoms with Crippen molar-refractivity contribution >= 4 is 11.6 Å². The second kappa shape index (κ2) is 2.44. The van der Waals surface area contributed by atoms with Gasteiger partial charge in [-0.15, -0.1) is 0 Å². The Morgan fingerprint density at radius 3 is 2.67 bits per heavy atom. The maximum absolute atomic E-state index is 9.75. The minimum absolute atomic E-state index is 0.440. The number of halogens is 1. The Morgan fingerprint density at radius 2 is 2.17 bits per heavy atom. The van der Waals surface area contributed by atoms with Crippen LogP contribution in [0.2, 0.25) is 5.15 Å². The van der Waals surface area contributed by atoms with E-state index in [1.165, 1.54) is 0 Å². The number of aromatic nitrogens is 1. The Labute approximate surface area is 76.2 Å². The zero-order chi connectivity index (χ0) is 8.77. The van der Waals surface area contributed by atoms with Crippen LogP contribution in [0.25, 0.3) is 0 Å². The number of pyridine rings is 1. The molecule has 64 valence electrons. The molecule has 1 N–H and O–H groups in total. The van der Waals surface area contributed by atoms with Crippen molar-refractivity contribution < 1.29 is 5.11 Å². The van der Waals surface area contributed by atoms with Crippen LogP contribution in [-0.2, 0) is 5.60 Å². The molecule has 0 saturated heterocycles. The molecule has 1 aromatic rings. The molecule has 0 radical (unpaired) electrons. The molecule has 0 aromatic carbocycles. The van der Waals surface area contributed by atoms with Crippen molar-refractivity contribution in [2.45, 2.75) is 25.4 Å². The van der Waals surface area contributed by atoms with E-state index in [1.54, 1.807) is 0 Å². The van der Waals surface area contributed by atoms with E-state index in [4.69, 9.17) is 11.6 Å². The quantitative estimate of drug-likeness (QED) is 0.676. The van der Waals surface area contributed by atoms with Gasteiger partial charge in [-0.05, 0) is 25.8 Å². The number of rotatable bonds is 1. The van der Waals surface area contributed by atoms with E-state index < -0.39 is 5.60 Å². The number of aliphatic hydroxyl groups is 1. The van der Waals surface area contributed by atoms with Gasteiger partial charge >= 0.3 is 0 Å². The lowest BCUT2D eigenvalue weighted by Crippen LogP contribution is -2.06. The van der Waals surface area contributed by atoms with Gasteiger partial charge < -0.3 is 5.11 Å². The average molecular weight is 184 g/mol. The molecule has 1 aliphatic carbocycles. The summed E-state index contributed by atoms with van der Waals surface area (Å²) >= 11 is 5.88. The lowest BCUT2D eigenvalue weighted by molar-refractivity contribution is 0.151. The van der Waals surface area contributed by atoms with E-state index >= 15 is 0 Å². The highest BCUT2D eigenvalue weighted by molar-refractivity contribution is 6.30. The van der Waals surface area contributed by atoms with E-state index in [9.17, 15) is 5.11 Å². The van der Waals surface area contributed by atoms with Crippen LogP contribution in [-0.4, -0.2) is 10.1 Å². The topological polar surface area (TPSA) is 33.1 Å². The molecule has 2 nitrogen and oxygen atoms in total. The van der Waals surface area contributed by atoms with Crippen molar-refractivity contribution in [1.29, 1.82) is 0 Å². The summed E-state index contributed by atoms with van der Waals surface area (Å²) in [5.41, 5.74) is 0.986. The van der Waals surface area contributed by atoms with Crippen LogP contribution >= 0.6 is 11.6 Å². The summed E-state index contributed by atoms with van der Waals surface area (Å²) in [7, 11) is 0. The van der Waals surface area contributed by atoms with Crippen LogP contribution in [0, 0.1) is 6.92 Å². The minimum Gasteiger partial charge on any atom is -0.385 e. The van der Waals surface area contributed by atoms with Gasteiger partial charge in [-0.2, -0.15) is 0 Å². The Hall–Kier alpha value is -0.600. The first-order valence-corrected chi connectivity index (χ1v) is 4.36. The van der Waals surface area contributed by atoms with Crippen LogP contribution in [0.15, 0.2) is 12.1 Å². The fourth-order valence-electron chi connectivity index (χ4n) is 1.26. The van der Waals surface area contributed by atoms with Crippen molar-refractivity contribution in [2.24, 2.45) is 0 Å². The third-order valence-corrected chi connectivity index (χ3v) is 2.50. The van der Waals surface area contributed by atoms with Crippen molar-refractivity contribution in [3.63, 3.8) is 0 Å². The molecule has 0 unspecified atom stereocenters. The summed E-state index contributed by atoms with van der Waals surface area (Å²) in [5, 5.41) is 10.2. The second-order valence-electron chi connectivity index (χ2n) is 3.32. The second-order valence-corrected chi connectivity index (χ2v) is 3.68. The smallest absolute Gasteiger partial charge is 0.135 e. The Kier molecular flexibility index (Phi) is 1.63. The van der Waals surface area contributed by atoms with Crippen LogP contribution in [0.1, 0.15) is 24.1 Å². The van der Waals surface area contributed by atoms with Gasteiger partial charge in [0.05, 0.1) is 5.60 Å². The van der Waals surface area contributed by atoms with Crippen molar-refractivity contribution in [2.75, 3.05) is 0 Å². The zero-order valence-electron chi connectivity index (χ0n) is 6.84. The largest absolute Gasteiger partial charge is 0.385 e. The van der Waals surface area contributed by atoms with Crippen molar-refractivity contribution in [1.82, 2.24) is 4.98 Å². The van der Waals surface area contributed by atoms with Crippen LogP contribution in [0.5, 0.6) is 0 Å². The molecular formula is C9H10ClNO. The molecule has 0 atom stereocenters. The molecule has 1 heterocycles. The molecule has 0 amide bonds. The van der Waals surface area contributed by atoms with Crippen LogP contribution in [0.4, 0.5) is 0 Å². The highest BCUT2D eigenvalue weighted by Gasteiger charge is 2.43. The number of aryl methyl sites for hydroxylation is 1. The van der Waals surface area contributed by atoms with Gasteiger partial charge in [0.1, 0.15) is 5.15 Å². The Bertz CT molecular complexity index is 320. The summed E-state index contributed by atoms with van der Waals surface area (Å²) < 4.78 is 0. The maximum Gasteiger partial charge on any atom is 0.135 e. The molecule has 3 heteroatoms. The van der Waals surface area contributed by atoms with Crippen LogP contribution in [0.3, 0.4) is 0 Å². The zero-order valence-corrected chi connectivity index (χ0v) is 7.60. The van der Waals surface area contributed by atoms with Gasteiger partial charge in [0, 0.05) is 11.3 Å². The molecule has 0 spiro atoms. The van der Waals surface area contributed by atoms with E-state index in [0.717, 1.165) is 24.1 Å². The lowest BCUT2D eigenvalue weighted by Gasteiger charge is -2.09. The summed E-state index contributed by atoms with van der Waals surface area (Å²) in [5.74, 6) is 0. The molecule has 2 rings (SSSR count). The maximum atomic E-state index is 9.75. The third kappa shape index (κ3) is 1.21. The highest BCUT2D eigenvalue weighted by Crippen LogP contribution is 2.47. The van der Waals surface area contributed by atoms with Gasteiger partial charge in [-0.25, -0.2) is 4.98 Å². The Balaban J connectivity index is 2.45. The van der Waals surface area contributed by atoms with E-state index in [2.05, 4.69) is 4.98 Å². The van der Waals surface area contributed by atoms with E-state index in [-0.39, 0.29) is 0 Å². The molecular weight excluding hydrogens is 174 g/mol. The van der Waals surface area contributed by atoms with Gasteiger partial charge in [0.15, 0.2) is 0 Å². The Morgan fingerprint density at radius 1 is 1.50 bits per heavy atom. The monoisotopic (exact) mass is 183 g/mol. The van der Waals surface area contributed by atoms with Crippen molar-refractivity contribution in [3.05, 3.63) is 28.5 Å². The fraction of sp³-hybridized carbons (Fsp3) is 0.444. The molecule has 0 aliphatic heterocycles. The first-order valence-electron chi connectivity index (χ1n) is 3.98. The molecule has 1 aliphatic rings. The van der Waals surface area contributed by atoms with Gasteiger partial charge in [0.2, 0.25) is 0 Å². The minimum atomic E-state index is -0.669. The summed E-state index contributed by atoms with van der Waals surface area (Å²) in [6, 6.07) is 3.73. The predicted octanol–water partition coefficient (Wildman–Crippen LogP) is 2.02. The average Bonchev–Trinajstić information content (AvgIpc) is 2.68. The van der Waals surface area contributed by atoms with Crippen LogP contribution < -0.4 is 0 Å². The summed E-state index contributed by atoms with van der Waals surface area (Å²) in [6.45, 7) is 1.88. The van der Waals surface area contributed by atoms with E-state index in [0.29, 0.717) is 5.15 Å². The summed E-state index contributed by atoms with van der Waals surface area (Å²) in [6.07, 6.45) is 1.61. The summed E-state index contributed by atoms with van der Waals surface area (Å²) in [4.78, 5) is 4.09. The van der Waals surface area contributed by atoms with E-state index in [1.807, 2.05) is 19.1 Å². The number of hydrogen-bond donors (Lipinski definition) is 1. The van der Waals surface area contributed by atoms with Gasteiger partial charge in [-0.3, -0.25) is 0 Å². The normalized spacial score (nSPS) is 19.2. The highest BCUT2D eigenvalue weighted by atomic mass is 35.5. The molecule has 1 saturated carbocycles. The van der Waals surface area contributed by atoms with Gasteiger partial charge in [-0.1, -0.05) is 17.7 Å². The molecule has 0 bridgehead atoms. The first-order chi connectivity index (χ1) is 5.62. The third-order valence-electron chi connectivity index (χ3n) is 2.21. The fourth-order valence-corrected chi connectivity index (χ4v) is 1.63. The van der Waals surface area contributed by atoms with Gasteiger partial charge in [0.25, 0.3) is 0 Å². The first kappa shape index (κ1) is 8.02. The number of nitrogens with zero attached hydrogens (tertiary/aromatic N) is 1. The lowest BCUT2D eigenvalue weighted by atomic mass is 10.1. The number of hydrogen-bond acceptors (Lipinski definition) is 2.